The van der Waals surface area contributed by atoms with Crippen molar-refractivity contribution in [3.63, 3.8) is 0 Å². The number of hydrogen-bond acceptors (Lipinski definition) is 5. The minimum Gasteiger partial charge on any atom is -0.494 e. The van der Waals surface area contributed by atoms with Crippen LogP contribution in [-0.4, -0.2) is 22.1 Å². The summed E-state index contributed by atoms with van der Waals surface area (Å²) < 4.78 is 5.17. The second-order valence-electron chi connectivity index (χ2n) is 2.88. The van der Waals surface area contributed by atoms with Gasteiger partial charge in [0.05, 0.1) is 19.5 Å². The molecule has 5 heteroatoms. The molecule has 2 N–H and O–H groups in total. The van der Waals surface area contributed by atoms with Crippen molar-refractivity contribution in [3.05, 3.63) is 30.7 Å². The molecule has 0 radical (unpaired) electrons. The van der Waals surface area contributed by atoms with Crippen LogP contribution in [0.4, 0.5) is 5.82 Å². The van der Waals surface area contributed by atoms with Gasteiger partial charge < -0.3 is 10.5 Å². The molecule has 0 aliphatic heterocycles. The lowest BCUT2D eigenvalue weighted by molar-refractivity contribution is 0.414. The molecular weight excluding hydrogens is 192 g/mol. The van der Waals surface area contributed by atoms with Gasteiger partial charge >= 0.3 is 0 Å². The van der Waals surface area contributed by atoms with E-state index in [2.05, 4.69) is 15.0 Å². The highest BCUT2D eigenvalue weighted by molar-refractivity contribution is 5.61. The number of rotatable bonds is 2. The fourth-order valence-electron chi connectivity index (χ4n) is 1.21. The molecule has 0 aliphatic rings. The zero-order valence-electron chi connectivity index (χ0n) is 8.21. The number of pyridine rings is 1. The Morgan fingerprint density at radius 2 is 2.07 bits per heavy atom. The van der Waals surface area contributed by atoms with E-state index in [-0.39, 0.29) is 0 Å². The zero-order valence-corrected chi connectivity index (χ0v) is 8.21. The number of hydrogen-bond donors (Lipinski definition) is 1. The molecule has 5 nitrogen and oxygen atoms in total. The molecule has 0 bridgehead atoms. The van der Waals surface area contributed by atoms with Gasteiger partial charge in [-0.25, -0.2) is 9.97 Å². The molecule has 0 saturated heterocycles. The summed E-state index contributed by atoms with van der Waals surface area (Å²) in [7, 11) is 1.59. The summed E-state index contributed by atoms with van der Waals surface area (Å²) in [5, 5.41) is 0. The fraction of sp³-hybridized carbons (Fsp3) is 0.100. The van der Waals surface area contributed by atoms with Gasteiger partial charge in [0.25, 0.3) is 0 Å². The van der Waals surface area contributed by atoms with Crippen molar-refractivity contribution in [2.24, 2.45) is 0 Å². The molecule has 0 aliphatic carbocycles. The van der Waals surface area contributed by atoms with Crippen molar-refractivity contribution in [1.82, 2.24) is 15.0 Å². The summed E-state index contributed by atoms with van der Waals surface area (Å²) >= 11 is 0. The van der Waals surface area contributed by atoms with E-state index in [1.807, 2.05) is 6.07 Å². The minimum atomic E-state index is 0.383. The topological polar surface area (TPSA) is 73.9 Å². The number of methoxy groups -OCH3 is 1. The van der Waals surface area contributed by atoms with Crippen molar-refractivity contribution in [2.45, 2.75) is 0 Å². The van der Waals surface area contributed by atoms with E-state index in [1.165, 1.54) is 6.20 Å². The van der Waals surface area contributed by atoms with Crippen LogP contribution in [0, 0.1) is 0 Å². The molecule has 15 heavy (non-hydrogen) atoms. The van der Waals surface area contributed by atoms with E-state index in [4.69, 9.17) is 10.5 Å². The van der Waals surface area contributed by atoms with E-state index >= 15 is 0 Å². The summed E-state index contributed by atoms with van der Waals surface area (Å²) in [5.41, 5.74) is 6.75. The summed E-state index contributed by atoms with van der Waals surface area (Å²) in [4.78, 5) is 12.3. The number of anilines is 1. The third-order valence-electron chi connectivity index (χ3n) is 1.91. The predicted octanol–water partition coefficient (Wildman–Crippen LogP) is 1.13. The van der Waals surface area contributed by atoms with Crippen LogP contribution in [0.25, 0.3) is 11.4 Å². The Hall–Kier alpha value is -2.17. The van der Waals surface area contributed by atoms with Crippen molar-refractivity contribution < 1.29 is 4.74 Å². The first-order valence-electron chi connectivity index (χ1n) is 4.38. The standard InChI is InChI=1S/C10H10N4O/c1-15-8-3-2-4-12-10(8)7-5-14-9(11)6-13-7/h2-6H,1H3,(H2,11,14). The molecular formula is C10H10N4O. The third kappa shape index (κ3) is 1.85. The molecule has 76 valence electrons. The Bertz CT molecular complexity index is 455. The molecule has 2 aromatic rings. The second kappa shape index (κ2) is 3.91. The zero-order chi connectivity index (χ0) is 10.7. The van der Waals surface area contributed by atoms with Gasteiger partial charge in [0.15, 0.2) is 0 Å². The Morgan fingerprint density at radius 1 is 1.20 bits per heavy atom. The smallest absolute Gasteiger partial charge is 0.146 e. The Kier molecular flexibility index (Phi) is 2.45. The normalized spacial score (nSPS) is 9.93. The molecule has 0 fully saturated rings. The summed E-state index contributed by atoms with van der Waals surface area (Å²) in [6.45, 7) is 0. The van der Waals surface area contributed by atoms with E-state index in [9.17, 15) is 0 Å². The fourth-order valence-corrected chi connectivity index (χ4v) is 1.21. The first-order valence-corrected chi connectivity index (χ1v) is 4.38. The van der Waals surface area contributed by atoms with Gasteiger partial charge in [-0.2, -0.15) is 0 Å². The summed E-state index contributed by atoms with van der Waals surface area (Å²) in [5.74, 6) is 1.05. The quantitative estimate of drug-likeness (QED) is 0.790. The highest BCUT2D eigenvalue weighted by Gasteiger charge is 2.07. The summed E-state index contributed by atoms with van der Waals surface area (Å²) in [6, 6.07) is 3.62. The largest absolute Gasteiger partial charge is 0.494 e. The maximum absolute atomic E-state index is 5.45. The van der Waals surface area contributed by atoms with Crippen LogP contribution in [0.1, 0.15) is 0 Å². The average molecular weight is 202 g/mol. The maximum atomic E-state index is 5.45. The molecule has 0 atom stereocenters. The van der Waals surface area contributed by atoms with Crippen LogP contribution < -0.4 is 10.5 Å². The number of nitrogens with two attached hydrogens (primary N) is 1. The van der Waals surface area contributed by atoms with Crippen LogP contribution >= 0.6 is 0 Å². The van der Waals surface area contributed by atoms with Crippen molar-refractivity contribution in [2.75, 3.05) is 12.8 Å². The van der Waals surface area contributed by atoms with Gasteiger partial charge in [-0.15, -0.1) is 0 Å². The Morgan fingerprint density at radius 3 is 2.73 bits per heavy atom. The van der Waals surface area contributed by atoms with Gasteiger partial charge in [0.2, 0.25) is 0 Å². The summed E-state index contributed by atoms with van der Waals surface area (Å²) in [6.07, 6.45) is 4.74. The first kappa shape index (κ1) is 9.39. The molecule has 0 unspecified atom stereocenters. The number of nitrogen functional groups attached to an aromatic ring is 1. The molecule has 0 amide bonds. The van der Waals surface area contributed by atoms with Gasteiger partial charge in [-0.05, 0) is 12.1 Å². The highest BCUT2D eigenvalue weighted by atomic mass is 16.5. The maximum Gasteiger partial charge on any atom is 0.146 e. The van der Waals surface area contributed by atoms with Gasteiger partial charge in [-0.3, -0.25) is 4.98 Å². The second-order valence-corrected chi connectivity index (χ2v) is 2.88. The van der Waals surface area contributed by atoms with Crippen molar-refractivity contribution >= 4 is 5.82 Å². The van der Waals surface area contributed by atoms with Crippen LogP contribution in [-0.2, 0) is 0 Å². The lowest BCUT2D eigenvalue weighted by Crippen LogP contribution is -1.96. The van der Waals surface area contributed by atoms with Gasteiger partial charge in [-0.1, -0.05) is 0 Å². The monoisotopic (exact) mass is 202 g/mol. The lowest BCUT2D eigenvalue weighted by atomic mass is 10.2. The lowest BCUT2D eigenvalue weighted by Gasteiger charge is -2.05. The van der Waals surface area contributed by atoms with Crippen LogP contribution in [0.3, 0.4) is 0 Å². The highest BCUT2D eigenvalue weighted by Crippen LogP contribution is 2.24. The Balaban J connectivity index is 2.49. The molecule has 2 rings (SSSR count). The number of ether oxygens (including phenoxy) is 1. The molecule has 2 aromatic heterocycles. The van der Waals surface area contributed by atoms with Gasteiger partial charge in [0.1, 0.15) is 23.0 Å². The molecule has 0 spiro atoms. The van der Waals surface area contributed by atoms with E-state index in [1.54, 1.807) is 25.6 Å². The van der Waals surface area contributed by atoms with Crippen LogP contribution in [0.5, 0.6) is 5.75 Å². The van der Waals surface area contributed by atoms with E-state index in [0.29, 0.717) is 23.0 Å². The average Bonchev–Trinajstić information content (AvgIpc) is 2.30. The third-order valence-corrected chi connectivity index (χ3v) is 1.91. The van der Waals surface area contributed by atoms with Crippen molar-refractivity contribution in [1.29, 1.82) is 0 Å². The molecule has 0 aromatic carbocycles. The first-order chi connectivity index (χ1) is 7.31. The van der Waals surface area contributed by atoms with E-state index in [0.717, 1.165) is 0 Å². The van der Waals surface area contributed by atoms with Crippen LogP contribution in [0.15, 0.2) is 30.7 Å². The molecule has 2 heterocycles. The van der Waals surface area contributed by atoms with Crippen LogP contribution in [0.2, 0.25) is 0 Å². The van der Waals surface area contributed by atoms with Crippen molar-refractivity contribution in [3.8, 4) is 17.1 Å². The number of nitrogens with zero attached hydrogens (tertiary/aromatic N) is 3. The Labute approximate surface area is 87.0 Å². The number of aromatic nitrogens is 3. The van der Waals surface area contributed by atoms with Gasteiger partial charge in [0, 0.05) is 6.20 Å². The molecule has 0 saturated carbocycles. The minimum absolute atomic E-state index is 0.383. The predicted molar refractivity (Wildman–Crippen MR) is 56.2 cm³/mol. The van der Waals surface area contributed by atoms with E-state index < -0.39 is 0 Å². The SMILES string of the molecule is COc1cccnc1-c1cnc(N)cn1.